The Labute approximate surface area is 216 Å². The van der Waals surface area contributed by atoms with E-state index in [0.717, 1.165) is 17.9 Å². The lowest BCUT2D eigenvalue weighted by molar-refractivity contribution is 0.0210. The lowest BCUT2D eigenvalue weighted by Gasteiger charge is -2.27. The molecule has 1 amide bonds. The van der Waals surface area contributed by atoms with Gasteiger partial charge in [-0.25, -0.2) is 24.5 Å². The molecule has 2 aliphatic rings. The number of ether oxygens (including phenoxy) is 2. The van der Waals surface area contributed by atoms with Gasteiger partial charge in [0.25, 0.3) is 0 Å². The second kappa shape index (κ2) is 9.84. The van der Waals surface area contributed by atoms with Crippen LogP contribution in [-0.2, 0) is 29.1 Å². The van der Waals surface area contributed by atoms with Gasteiger partial charge in [0.2, 0.25) is 5.95 Å². The first kappa shape index (κ1) is 24.7. The monoisotopic (exact) mass is 504 g/mol. The Morgan fingerprint density at radius 2 is 1.84 bits per heavy atom. The largest absolute Gasteiger partial charge is 0.465 e. The van der Waals surface area contributed by atoms with E-state index in [1.807, 2.05) is 55.0 Å². The maximum Gasteiger partial charge on any atom is 0.410 e. The van der Waals surface area contributed by atoms with Gasteiger partial charge < -0.3 is 18.9 Å². The second-order valence-corrected chi connectivity index (χ2v) is 10.5. The molecule has 1 fully saturated rings. The molecule has 37 heavy (non-hydrogen) atoms. The molecule has 0 N–H and O–H groups in total. The SMILES string of the molecule is COC(=O)c1cnc(N2CCn3cc(CN(C(=O)OC(C)(C)C)C4CC4c4ccccc4)nc3C2)nc1. The van der Waals surface area contributed by atoms with Crippen molar-refractivity contribution in [1.82, 2.24) is 24.4 Å². The quantitative estimate of drug-likeness (QED) is 0.468. The van der Waals surface area contributed by atoms with Gasteiger partial charge in [0.05, 0.1) is 31.5 Å². The van der Waals surface area contributed by atoms with Gasteiger partial charge in [-0.3, -0.25) is 4.90 Å². The van der Waals surface area contributed by atoms with Gasteiger partial charge in [-0.15, -0.1) is 0 Å². The van der Waals surface area contributed by atoms with Crippen molar-refractivity contribution in [2.75, 3.05) is 18.6 Å². The Kier molecular flexibility index (Phi) is 6.57. The predicted octanol–water partition coefficient (Wildman–Crippen LogP) is 3.77. The summed E-state index contributed by atoms with van der Waals surface area (Å²) in [5.74, 6) is 1.24. The number of carbonyl (C=O) groups is 2. The summed E-state index contributed by atoms with van der Waals surface area (Å²) in [4.78, 5) is 42.2. The molecule has 10 nitrogen and oxygen atoms in total. The minimum atomic E-state index is -0.580. The van der Waals surface area contributed by atoms with Crippen LogP contribution < -0.4 is 4.90 Å². The summed E-state index contributed by atoms with van der Waals surface area (Å²) in [5.41, 5.74) is 1.79. The van der Waals surface area contributed by atoms with Gasteiger partial charge in [-0.2, -0.15) is 0 Å². The Hall–Kier alpha value is -3.95. The van der Waals surface area contributed by atoms with E-state index in [9.17, 15) is 9.59 Å². The minimum Gasteiger partial charge on any atom is -0.465 e. The second-order valence-electron chi connectivity index (χ2n) is 10.5. The van der Waals surface area contributed by atoms with Crippen molar-refractivity contribution in [3.63, 3.8) is 0 Å². The number of fused-ring (bicyclic) bond motifs is 1. The molecule has 1 aliphatic carbocycles. The summed E-state index contributed by atoms with van der Waals surface area (Å²) in [6.45, 7) is 7.98. The van der Waals surface area contributed by atoms with Crippen LogP contribution in [0.2, 0.25) is 0 Å². The lowest BCUT2D eigenvalue weighted by Crippen LogP contribution is -2.38. The van der Waals surface area contributed by atoms with Crippen LogP contribution in [0.15, 0.2) is 48.9 Å². The zero-order valence-electron chi connectivity index (χ0n) is 21.6. The van der Waals surface area contributed by atoms with Gasteiger partial charge >= 0.3 is 12.1 Å². The molecule has 10 heteroatoms. The molecule has 194 valence electrons. The summed E-state index contributed by atoms with van der Waals surface area (Å²) < 4.78 is 12.6. The lowest BCUT2D eigenvalue weighted by atomic mass is 10.1. The zero-order valence-corrected chi connectivity index (χ0v) is 21.6. The van der Waals surface area contributed by atoms with E-state index in [1.54, 1.807) is 0 Å². The maximum absolute atomic E-state index is 13.2. The standard InChI is InChI=1S/C27H32N6O4/c1-27(2,3)37-26(35)33(22-12-21(22)18-8-6-5-7-9-18)16-20-15-31-10-11-32(17-23(31)30-20)25-28-13-19(14-29-25)24(34)36-4/h5-9,13-15,21-22H,10-12,16-17H2,1-4H3. The number of carbonyl (C=O) groups excluding carboxylic acids is 2. The Morgan fingerprint density at radius 3 is 2.51 bits per heavy atom. The number of methoxy groups -OCH3 is 1. The zero-order chi connectivity index (χ0) is 26.2. The molecule has 5 rings (SSSR count). The smallest absolute Gasteiger partial charge is 0.410 e. The van der Waals surface area contributed by atoms with Crippen molar-refractivity contribution in [2.24, 2.45) is 0 Å². The minimum absolute atomic E-state index is 0.0780. The third kappa shape index (κ3) is 5.58. The summed E-state index contributed by atoms with van der Waals surface area (Å²) >= 11 is 0. The van der Waals surface area contributed by atoms with Crippen molar-refractivity contribution in [1.29, 1.82) is 0 Å². The van der Waals surface area contributed by atoms with Crippen molar-refractivity contribution < 1.29 is 19.1 Å². The molecule has 3 heterocycles. The van der Waals surface area contributed by atoms with E-state index < -0.39 is 11.6 Å². The summed E-state index contributed by atoms with van der Waals surface area (Å²) in [6.07, 6.45) is 5.55. The number of anilines is 1. The van der Waals surface area contributed by atoms with E-state index in [-0.39, 0.29) is 12.1 Å². The average Bonchev–Trinajstić information content (AvgIpc) is 3.57. The number of aromatic nitrogens is 4. The number of hydrogen-bond donors (Lipinski definition) is 0. The Bertz CT molecular complexity index is 1270. The molecule has 0 saturated heterocycles. The van der Waals surface area contributed by atoms with Crippen LogP contribution in [0, 0.1) is 0 Å². The average molecular weight is 505 g/mol. The van der Waals surface area contributed by atoms with Gasteiger partial charge in [0.15, 0.2) is 0 Å². The van der Waals surface area contributed by atoms with Gasteiger partial charge in [-0.1, -0.05) is 30.3 Å². The highest BCUT2D eigenvalue weighted by Crippen LogP contribution is 2.45. The van der Waals surface area contributed by atoms with Gasteiger partial charge in [0.1, 0.15) is 11.4 Å². The Morgan fingerprint density at radius 1 is 1.11 bits per heavy atom. The maximum atomic E-state index is 13.2. The van der Waals surface area contributed by atoms with Crippen molar-refractivity contribution in [3.8, 4) is 0 Å². The molecule has 0 radical (unpaired) electrons. The molecule has 0 bridgehead atoms. The molecule has 1 aromatic carbocycles. The van der Waals surface area contributed by atoms with Crippen LogP contribution >= 0.6 is 0 Å². The number of benzene rings is 1. The van der Waals surface area contributed by atoms with E-state index in [4.69, 9.17) is 14.5 Å². The number of hydrogen-bond acceptors (Lipinski definition) is 8. The Balaban J connectivity index is 1.31. The van der Waals surface area contributed by atoms with Crippen molar-refractivity contribution in [3.05, 3.63) is 71.6 Å². The van der Waals surface area contributed by atoms with E-state index in [0.29, 0.717) is 43.6 Å². The molecule has 2 unspecified atom stereocenters. The van der Waals surface area contributed by atoms with Crippen molar-refractivity contribution in [2.45, 2.75) is 64.4 Å². The van der Waals surface area contributed by atoms with Crippen LogP contribution in [-0.4, -0.2) is 61.8 Å². The molecule has 0 spiro atoms. The fourth-order valence-electron chi connectivity index (χ4n) is 4.66. The van der Waals surface area contributed by atoms with Gasteiger partial charge in [0, 0.05) is 43.6 Å². The fraction of sp³-hybridized carbons (Fsp3) is 0.444. The van der Waals surface area contributed by atoms with Crippen LogP contribution in [0.4, 0.5) is 10.7 Å². The third-order valence-electron chi connectivity index (χ3n) is 6.54. The number of esters is 1. The van der Waals surface area contributed by atoms with E-state index >= 15 is 0 Å². The molecule has 2 atom stereocenters. The summed E-state index contributed by atoms with van der Waals surface area (Å²) in [7, 11) is 1.33. The first-order valence-electron chi connectivity index (χ1n) is 12.5. The first-order chi connectivity index (χ1) is 17.7. The van der Waals surface area contributed by atoms with Crippen LogP contribution in [0.25, 0.3) is 0 Å². The number of nitrogens with zero attached hydrogens (tertiary/aromatic N) is 6. The first-order valence-corrected chi connectivity index (χ1v) is 12.5. The topological polar surface area (TPSA) is 103 Å². The van der Waals surface area contributed by atoms with E-state index in [2.05, 4.69) is 26.7 Å². The molecule has 1 aliphatic heterocycles. The predicted molar refractivity (Wildman–Crippen MR) is 136 cm³/mol. The van der Waals surface area contributed by atoms with Crippen LogP contribution in [0.3, 0.4) is 0 Å². The number of amides is 1. The highest BCUT2D eigenvalue weighted by atomic mass is 16.6. The van der Waals surface area contributed by atoms with Gasteiger partial charge in [-0.05, 0) is 32.8 Å². The number of imidazole rings is 1. The molecule has 1 saturated carbocycles. The molecule has 3 aromatic rings. The van der Waals surface area contributed by atoms with Crippen LogP contribution in [0.1, 0.15) is 60.5 Å². The summed E-state index contributed by atoms with van der Waals surface area (Å²) in [6, 6.07) is 10.4. The highest BCUT2D eigenvalue weighted by Gasteiger charge is 2.46. The third-order valence-corrected chi connectivity index (χ3v) is 6.54. The normalized spacial score (nSPS) is 18.6. The number of rotatable bonds is 6. The summed E-state index contributed by atoms with van der Waals surface area (Å²) in [5, 5.41) is 0. The van der Waals surface area contributed by atoms with Crippen LogP contribution in [0.5, 0.6) is 0 Å². The molecular formula is C27H32N6O4. The van der Waals surface area contributed by atoms with Crippen molar-refractivity contribution >= 4 is 18.0 Å². The fourth-order valence-corrected chi connectivity index (χ4v) is 4.66. The molecule has 2 aromatic heterocycles. The van der Waals surface area contributed by atoms with E-state index in [1.165, 1.54) is 25.1 Å². The molecular weight excluding hydrogens is 472 g/mol. The highest BCUT2D eigenvalue weighted by molar-refractivity contribution is 5.88.